The summed E-state index contributed by atoms with van der Waals surface area (Å²) in [6.45, 7) is 15.1. The molecule has 0 N–H and O–H groups in total. The molecule has 1 aromatic heterocycles. The SMILES string of the molecule is CC(=Nc1ccc(C)cc1C)c1ccc2cccc(P(c3cc(C)cc(C)c3)c3cc(C)cc(C)c3)c2n1. The maximum Gasteiger partial charge on any atom is 0.0849 e. The number of aryl methyl sites for hydroxylation is 6. The largest absolute Gasteiger partial charge is 0.251 e. The lowest BCUT2D eigenvalue weighted by Gasteiger charge is -2.23. The molecule has 190 valence electrons. The zero-order valence-electron chi connectivity index (χ0n) is 23.4. The molecular formula is C35H35N2P. The van der Waals surface area contributed by atoms with Crippen LogP contribution in [0.4, 0.5) is 5.69 Å². The molecule has 0 radical (unpaired) electrons. The zero-order chi connectivity index (χ0) is 27.0. The third-order valence-corrected chi connectivity index (χ3v) is 9.27. The molecule has 0 spiro atoms. The number of aliphatic imine (C=N–C) groups is 1. The summed E-state index contributed by atoms with van der Waals surface area (Å²) in [6.07, 6.45) is 0. The molecule has 0 aliphatic heterocycles. The van der Waals surface area contributed by atoms with Gasteiger partial charge in [-0.1, -0.05) is 101 Å². The number of pyridine rings is 1. The van der Waals surface area contributed by atoms with Gasteiger partial charge in [0.2, 0.25) is 0 Å². The molecule has 0 bridgehead atoms. The van der Waals surface area contributed by atoms with Gasteiger partial charge >= 0.3 is 0 Å². The van der Waals surface area contributed by atoms with Crippen molar-refractivity contribution in [2.75, 3.05) is 0 Å². The van der Waals surface area contributed by atoms with Crippen molar-refractivity contribution in [2.45, 2.75) is 48.5 Å². The van der Waals surface area contributed by atoms with Gasteiger partial charge in [-0.25, -0.2) is 4.98 Å². The lowest BCUT2D eigenvalue weighted by molar-refractivity contribution is 1.31. The molecule has 5 rings (SSSR count). The first-order valence-corrected chi connectivity index (χ1v) is 14.5. The Labute approximate surface area is 228 Å². The van der Waals surface area contributed by atoms with Gasteiger partial charge in [0.15, 0.2) is 0 Å². The van der Waals surface area contributed by atoms with E-state index in [2.05, 4.69) is 133 Å². The average Bonchev–Trinajstić information content (AvgIpc) is 2.84. The number of fused-ring (bicyclic) bond motifs is 1. The van der Waals surface area contributed by atoms with E-state index in [1.54, 1.807) is 0 Å². The third kappa shape index (κ3) is 5.47. The van der Waals surface area contributed by atoms with Crippen molar-refractivity contribution in [1.82, 2.24) is 4.98 Å². The Hall–Kier alpha value is -3.61. The molecule has 0 atom stereocenters. The van der Waals surface area contributed by atoms with Crippen LogP contribution in [0.3, 0.4) is 0 Å². The summed E-state index contributed by atoms with van der Waals surface area (Å²) in [5.74, 6) is 0. The fourth-order valence-corrected chi connectivity index (χ4v) is 8.08. The molecule has 4 aromatic carbocycles. The molecule has 0 saturated carbocycles. The summed E-state index contributed by atoms with van der Waals surface area (Å²) in [7, 11) is -0.802. The van der Waals surface area contributed by atoms with Crippen LogP contribution in [0.25, 0.3) is 10.9 Å². The van der Waals surface area contributed by atoms with Crippen LogP contribution in [0.15, 0.2) is 89.9 Å². The molecule has 0 amide bonds. The van der Waals surface area contributed by atoms with E-state index < -0.39 is 7.92 Å². The van der Waals surface area contributed by atoms with Gasteiger partial charge in [0.05, 0.1) is 22.6 Å². The zero-order valence-corrected chi connectivity index (χ0v) is 24.3. The van der Waals surface area contributed by atoms with Gasteiger partial charge in [-0.15, -0.1) is 0 Å². The number of nitrogens with zero attached hydrogens (tertiary/aromatic N) is 2. The van der Waals surface area contributed by atoms with Crippen LogP contribution >= 0.6 is 7.92 Å². The second-order valence-electron chi connectivity index (χ2n) is 10.6. The van der Waals surface area contributed by atoms with Gasteiger partial charge < -0.3 is 0 Å². The molecule has 0 unspecified atom stereocenters. The minimum absolute atomic E-state index is 0.802. The number of aromatic nitrogens is 1. The predicted octanol–water partition coefficient (Wildman–Crippen LogP) is 7.98. The summed E-state index contributed by atoms with van der Waals surface area (Å²) >= 11 is 0. The molecule has 0 fully saturated rings. The Morgan fingerprint density at radius 2 is 1.24 bits per heavy atom. The van der Waals surface area contributed by atoms with E-state index >= 15 is 0 Å². The first-order chi connectivity index (χ1) is 18.2. The molecule has 38 heavy (non-hydrogen) atoms. The van der Waals surface area contributed by atoms with Gasteiger partial charge in [0.25, 0.3) is 0 Å². The second kappa shape index (κ2) is 10.6. The van der Waals surface area contributed by atoms with Crippen molar-refractivity contribution < 1.29 is 0 Å². The molecule has 3 heteroatoms. The van der Waals surface area contributed by atoms with Gasteiger partial charge in [-0.3, -0.25) is 4.99 Å². The van der Waals surface area contributed by atoms with E-state index in [1.165, 1.54) is 49.3 Å². The monoisotopic (exact) mass is 514 g/mol. The fraction of sp³-hybridized carbons (Fsp3) is 0.200. The first-order valence-electron chi connectivity index (χ1n) is 13.2. The van der Waals surface area contributed by atoms with E-state index in [4.69, 9.17) is 9.98 Å². The van der Waals surface area contributed by atoms with Gasteiger partial charge in [-0.2, -0.15) is 0 Å². The minimum atomic E-state index is -0.802. The maximum atomic E-state index is 5.27. The van der Waals surface area contributed by atoms with E-state index in [-0.39, 0.29) is 0 Å². The summed E-state index contributed by atoms with van der Waals surface area (Å²) < 4.78 is 0. The highest BCUT2D eigenvalue weighted by Gasteiger charge is 2.21. The molecular weight excluding hydrogens is 479 g/mol. The normalized spacial score (nSPS) is 11.9. The Bertz CT molecular complexity index is 1600. The van der Waals surface area contributed by atoms with Crippen LogP contribution in [-0.2, 0) is 0 Å². The molecule has 1 heterocycles. The van der Waals surface area contributed by atoms with Gasteiger partial charge in [-0.05, 0) is 84.7 Å². The van der Waals surface area contributed by atoms with E-state index in [0.29, 0.717) is 0 Å². The minimum Gasteiger partial charge on any atom is -0.251 e. The number of benzene rings is 4. The number of hydrogen-bond acceptors (Lipinski definition) is 2. The van der Waals surface area contributed by atoms with E-state index in [9.17, 15) is 0 Å². The fourth-order valence-electron chi connectivity index (χ4n) is 5.27. The van der Waals surface area contributed by atoms with E-state index in [1.807, 2.05) is 0 Å². The lowest BCUT2D eigenvalue weighted by Crippen LogP contribution is -2.23. The third-order valence-electron chi connectivity index (χ3n) is 6.88. The van der Waals surface area contributed by atoms with Crippen molar-refractivity contribution in [3.63, 3.8) is 0 Å². The molecule has 5 aromatic rings. The van der Waals surface area contributed by atoms with Crippen LogP contribution < -0.4 is 15.9 Å². The van der Waals surface area contributed by atoms with Crippen molar-refractivity contribution in [3.05, 3.63) is 124 Å². The topological polar surface area (TPSA) is 25.2 Å². The quantitative estimate of drug-likeness (QED) is 0.172. The van der Waals surface area contributed by atoms with Crippen LogP contribution in [0, 0.1) is 41.5 Å². The van der Waals surface area contributed by atoms with Crippen LogP contribution in [0.2, 0.25) is 0 Å². The van der Waals surface area contributed by atoms with Crippen LogP contribution in [0.1, 0.15) is 46.0 Å². The Morgan fingerprint density at radius 1 is 0.632 bits per heavy atom. The van der Waals surface area contributed by atoms with Crippen molar-refractivity contribution >= 4 is 46.1 Å². The standard InChI is InChI=1S/C35H35N2P/c1-22-11-13-32(27(6)17-22)36-28(7)33-14-12-29-9-8-10-34(35(29)37-33)38(30-18-23(2)15-24(3)19-30)31-20-25(4)16-26(5)21-31/h8-21H,1-7H3. The molecule has 2 nitrogen and oxygen atoms in total. The van der Waals surface area contributed by atoms with Gasteiger partial charge in [0.1, 0.15) is 0 Å². The van der Waals surface area contributed by atoms with Crippen molar-refractivity contribution in [3.8, 4) is 0 Å². The molecule has 0 aliphatic carbocycles. The van der Waals surface area contributed by atoms with Crippen LogP contribution in [-0.4, -0.2) is 10.7 Å². The Kier molecular flexibility index (Phi) is 7.28. The Morgan fingerprint density at radius 3 is 1.82 bits per heavy atom. The highest BCUT2D eigenvalue weighted by Crippen LogP contribution is 2.36. The average molecular weight is 515 g/mol. The number of para-hydroxylation sites is 1. The maximum absolute atomic E-state index is 5.27. The summed E-state index contributed by atoms with van der Waals surface area (Å²) in [6, 6.07) is 31.2. The summed E-state index contributed by atoms with van der Waals surface area (Å²) in [4.78, 5) is 10.2. The first kappa shape index (κ1) is 26.0. The number of hydrogen-bond donors (Lipinski definition) is 0. The van der Waals surface area contributed by atoms with Gasteiger partial charge in [0, 0.05) is 10.7 Å². The smallest absolute Gasteiger partial charge is 0.0849 e. The lowest BCUT2D eigenvalue weighted by atomic mass is 10.1. The number of rotatable bonds is 5. The predicted molar refractivity (Wildman–Crippen MR) is 167 cm³/mol. The molecule has 0 aliphatic rings. The van der Waals surface area contributed by atoms with Crippen LogP contribution in [0.5, 0.6) is 0 Å². The molecule has 0 saturated heterocycles. The Balaban J connectivity index is 1.72. The summed E-state index contributed by atoms with van der Waals surface area (Å²) in [5, 5.41) is 5.17. The highest BCUT2D eigenvalue weighted by molar-refractivity contribution is 7.80. The second-order valence-corrected chi connectivity index (χ2v) is 12.7. The summed E-state index contributed by atoms with van der Waals surface area (Å²) in [5.41, 5.74) is 11.5. The van der Waals surface area contributed by atoms with Crippen molar-refractivity contribution in [2.24, 2.45) is 4.99 Å². The highest BCUT2D eigenvalue weighted by atomic mass is 31.1. The van der Waals surface area contributed by atoms with Crippen molar-refractivity contribution in [1.29, 1.82) is 0 Å². The van der Waals surface area contributed by atoms with E-state index in [0.717, 1.165) is 28.0 Å².